The molecule has 0 saturated heterocycles. The van der Waals surface area contributed by atoms with Gasteiger partial charge < -0.3 is 10.2 Å². The summed E-state index contributed by atoms with van der Waals surface area (Å²) in [6.45, 7) is 0. The van der Waals surface area contributed by atoms with Crippen molar-refractivity contribution in [3.63, 3.8) is 0 Å². The molecule has 2 nitrogen and oxygen atoms in total. The third-order valence-electron chi connectivity index (χ3n) is 3.53. The number of phenols is 1. The molecule has 2 N–H and O–H groups in total. The number of aliphatic hydroxyl groups is 1. The first kappa shape index (κ1) is 16.8. The number of phenolic OH excluding ortho intramolecular Hbond substituents is 1. The molecule has 0 aliphatic heterocycles. The van der Waals surface area contributed by atoms with Crippen LogP contribution in [0.4, 0.5) is 35.1 Å². The monoisotopic (exact) mass is 336 g/mol. The highest BCUT2D eigenvalue weighted by Gasteiger charge is 2.86. The van der Waals surface area contributed by atoms with E-state index in [0.717, 1.165) is 0 Å². The lowest BCUT2D eigenvalue weighted by atomic mass is 9.72. The van der Waals surface area contributed by atoms with Crippen molar-refractivity contribution in [2.75, 3.05) is 0 Å². The van der Waals surface area contributed by atoms with Crippen molar-refractivity contribution in [2.24, 2.45) is 0 Å². The maximum atomic E-state index is 13.7. The van der Waals surface area contributed by atoms with Crippen LogP contribution < -0.4 is 0 Å². The molecule has 124 valence electrons. The van der Waals surface area contributed by atoms with E-state index >= 15 is 0 Å². The maximum absolute atomic E-state index is 13.7. The van der Waals surface area contributed by atoms with Crippen molar-refractivity contribution in [1.82, 2.24) is 0 Å². The van der Waals surface area contributed by atoms with Gasteiger partial charge in [-0.1, -0.05) is 12.1 Å². The van der Waals surface area contributed by atoms with E-state index in [9.17, 15) is 35.1 Å². The molecule has 22 heavy (non-hydrogen) atoms. The molecule has 0 spiro atoms. The van der Waals surface area contributed by atoms with Crippen molar-refractivity contribution >= 4 is 0 Å². The molecule has 0 bridgehead atoms. The summed E-state index contributed by atoms with van der Waals surface area (Å²) in [6, 6.07) is 2.04. The van der Waals surface area contributed by atoms with Crippen molar-refractivity contribution in [3.8, 4) is 5.75 Å². The Labute approximate surface area is 118 Å². The third-order valence-corrected chi connectivity index (χ3v) is 3.53. The van der Waals surface area contributed by atoms with Crippen LogP contribution in [0.5, 0.6) is 5.75 Å². The van der Waals surface area contributed by atoms with Crippen LogP contribution >= 0.6 is 0 Å². The van der Waals surface area contributed by atoms with Gasteiger partial charge in [0.25, 0.3) is 0 Å². The quantitative estimate of drug-likeness (QED) is 0.772. The Hall–Kier alpha value is -1.58. The van der Waals surface area contributed by atoms with E-state index in [0.29, 0.717) is 24.3 Å². The summed E-state index contributed by atoms with van der Waals surface area (Å²) in [6.07, 6.45) is -4.54. The molecule has 1 aromatic rings. The second-order valence-corrected chi connectivity index (χ2v) is 4.92. The maximum Gasteiger partial charge on any atom is 0.342 e. The van der Waals surface area contributed by atoms with E-state index in [-0.39, 0.29) is 0 Å². The van der Waals surface area contributed by atoms with Gasteiger partial charge in [0.05, 0.1) is 0 Å². The minimum absolute atomic E-state index is 0.408. The number of hydrogen-bond donors (Lipinski definition) is 2. The molecule has 1 fully saturated rings. The average molecular weight is 336 g/mol. The molecule has 1 saturated carbocycles. The molecule has 1 aliphatic carbocycles. The fourth-order valence-electron chi connectivity index (χ4n) is 2.29. The van der Waals surface area contributed by atoms with Crippen LogP contribution in [0.25, 0.3) is 0 Å². The molecule has 0 heterocycles. The largest absolute Gasteiger partial charge is 0.508 e. The number of alkyl halides is 8. The summed E-state index contributed by atoms with van der Waals surface area (Å²) in [5, 5.41) is 17.6. The van der Waals surface area contributed by atoms with Gasteiger partial charge in [-0.25, -0.2) is 0 Å². The fourth-order valence-corrected chi connectivity index (χ4v) is 2.29. The summed E-state index contributed by atoms with van der Waals surface area (Å²) in [4.78, 5) is 0. The van der Waals surface area contributed by atoms with Crippen LogP contribution in [0.3, 0.4) is 0 Å². The van der Waals surface area contributed by atoms with E-state index < -0.39 is 47.0 Å². The Morgan fingerprint density at radius 3 is 1.41 bits per heavy atom. The third kappa shape index (κ3) is 1.89. The Bertz CT molecular complexity index is 541. The summed E-state index contributed by atoms with van der Waals surface area (Å²) >= 11 is 0. The lowest BCUT2D eigenvalue weighted by Crippen LogP contribution is -2.73. The van der Waals surface area contributed by atoms with Crippen molar-refractivity contribution in [3.05, 3.63) is 29.8 Å². The predicted octanol–water partition coefficient (Wildman–Crippen LogP) is 3.39. The number of aromatic hydroxyl groups is 1. The zero-order valence-corrected chi connectivity index (χ0v) is 10.4. The molecule has 0 atom stereocenters. The van der Waals surface area contributed by atoms with Crippen molar-refractivity contribution in [2.45, 2.75) is 35.7 Å². The van der Waals surface area contributed by atoms with Crippen LogP contribution in [-0.2, 0) is 0 Å². The first-order valence-electron chi connectivity index (χ1n) is 5.76. The summed E-state index contributed by atoms with van der Waals surface area (Å²) < 4.78 is 108. The molecular weight excluding hydrogens is 328 g/mol. The standard InChI is InChI=1S/C12H8F8O2/c13-9(14)7(5-1-3-6(21)4-2-5)10(15,16)12(19,20)8(22)11(9,17)18/h1-4,7-8,21-22H. The highest BCUT2D eigenvalue weighted by molar-refractivity contribution is 5.35. The lowest BCUT2D eigenvalue weighted by Gasteiger charge is -2.48. The zero-order valence-electron chi connectivity index (χ0n) is 10.4. The summed E-state index contributed by atoms with van der Waals surface area (Å²) in [5.74, 6) is -27.3. The molecule has 0 unspecified atom stereocenters. The highest BCUT2D eigenvalue weighted by atomic mass is 19.3. The molecule has 1 aromatic carbocycles. The lowest BCUT2D eigenvalue weighted by molar-refractivity contribution is -0.399. The van der Waals surface area contributed by atoms with Crippen molar-refractivity contribution < 1.29 is 45.3 Å². The minimum Gasteiger partial charge on any atom is -0.508 e. The van der Waals surface area contributed by atoms with Crippen LogP contribution in [0.2, 0.25) is 0 Å². The van der Waals surface area contributed by atoms with Gasteiger partial charge in [-0.3, -0.25) is 0 Å². The molecule has 1 aliphatic rings. The second-order valence-electron chi connectivity index (χ2n) is 4.92. The van der Waals surface area contributed by atoms with E-state index in [1.54, 1.807) is 0 Å². The van der Waals surface area contributed by atoms with E-state index in [1.165, 1.54) is 0 Å². The van der Waals surface area contributed by atoms with Crippen LogP contribution in [-0.4, -0.2) is 40.0 Å². The number of halogens is 8. The van der Waals surface area contributed by atoms with E-state index in [4.69, 9.17) is 10.2 Å². The molecular formula is C12H8F8O2. The Morgan fingerprint density at radius 1 is 0.682 bits per heavy atom. The molecule has 2 rings (SSSR count). The van der Waals surface area contributed by atoms with Crippen LogP contribution in [0.15, 0.2) is 24.3 Å². The smallest absolute Gasteiger partial charge is 0.342 e. The van der Waals surface area contributed by atoms with E-state index in [1.807, 2.05) is 0 Å². The normalized spacial score (nSPS) is 31.7. The van der Waals surface area contributed by atoms with Gasteiger partial charge in [0.1, 0.15) is 11.7 Å². The Kier molecular flexibility index (Phi) is 3.41. The number of aliphatic hydroxyl groups excluding tert-OH is 1. The van der Waals surface area contributed by atoms with Crippen molar-refractivity contribution in [1.29, 1.82) is 0 Å². The minimum atomic E-state index is -5.78. The topological polar surface area (TPSA) is 40.5 Å². The summed E-state index contributed by atoms with van der Waals surface area (Å²) in [7, 11) is 0. The Morgan fingerprint density at radius 2 is 1.05 bits per heavy atom. The first-order valence-corrected chi connectivity index (χ1v) is 5.76. The van der Waals surface area contributed by atoms with Crippen LogP contribution in [0, 0.1) is 0 Å². The van der Waals surface area contributed by atoms with Gasteiger partial charge in [-0.05, 0) is 17.7 Å². The summed E-state index contributed by atoms with van der Waals surface area (Å²) in [5.41, 5.74) is -1.22. The fraction of sp³-hybridized carbons (Fsp3) is 0.500. The first-order chi connectivity index (χ1) is 9.78. The number of hydrogen-bond acceptors (Lipinski definition) is 2. The Balaban J connectivity index is 2.70. The van der Waals surface area contributed by atoms with Gasteiger partial charge in [0, 0.05) is 0 Å². The molecule has 0 radical (unpaired) electrons. The number of rotatable bonds is 1. The predicted molar refractivity (Wildman–Crippen MR) is 56.6 cm³/mol. The highest BCUT2D eigenvalue weighted by Crippen LogP contribution is 2.63. The number of benzene rings is 1. The molecule has 0 amide bonds. The van der Waals surface area contributed by atoms with Gasteiger partial charge in [-0.2, -0.15) is 35.1 Å². The average Bonchev–Trinajstić information content (AvgIpc) is 2.38. The van der Waals surface area contributed by atoms with Gasteiger partial charge >= 0.3 is 23.7 Å². The molecule has 10 heteroatoms. The second kappa shape index (κ2) is 4.46. The zero-order chi connectivity index (χ0) is 17.1. The van der Waals surface area contributed by atoms with Gasteiger partial charge in [0.15, 0.2) is 6.10 Å². The van der Waals surface area contributed by atoms with Gasteiger partial charge in [-0.15, -0.1) is 0 Å². The molecule has 0 aromatic heterocycles. The van der Waals surface area contributed by atoms with E-state index in [2.05, 4.69) is 0 Å². The SMILES string of the molecule is Oc1ccc(C2C(F)(F)C(F)(F)C(O)C(F)(F)C2(F)F)cc1. The van der Waals surface area contributed by atoms with Crippen LogP contribution in [0.1, 0.15) is 11.5 Å². The van der Waals surface area contributed by atoms with Gasteiger partial charge in [0.2, 0.25) is 0 Å².